The Morgan fingerprint density at radius 1 is 1.39 bits per heavy atom. The molecule has 0 saturated heterocycles. The molecule has 0 N–H and O–H groups in total. The van der Waals surface area contributed by atoms with Gasteiger partial charge in [0.05, 0.1) is 18.7 Å². The van der Waals surface area contributed by atoms with Crippen molar-refractivity contribution in [1.82, 2.24) is 4.98 Å². The SMILES string of the molecule is COc1cccc(OCCc2nc(C=O)cs2)c1. The smallest absolute Gasteiger partial charge is 0.169 e. The van der Waals surface area contributed by atoms with Crippen LogP contribution >= 0.6 is 11.3 Å². The van der Waals surface area contributed by atoms with Gasteiger partial charge in [-0.05, 0) is 12.1 Å². The summed E-state index contributed by atoms with van der Waals surface area (Å²) in [6.45, 7) is 0.527. The molecule has 1 aromatic carbocycles. The maximum absolute atomic E-state index is 10.5. The molecule has 0 spiro atoms. The highest BCUT2D eigenvalue weighted by atomic mass is 32.1. The Bertz CT molecular complexity index is 524. The van der Waals surface area contributed by atoms with Gasteiger partial charge in [-0.15, -0.1) is 11.3 Å². The first-order chi connectivity index (χ1) is 8.81. The van der Waals surface area contributed by atoms with E-state index < -0.39 is 0 Å². The lowest BCUT2D eigenvalue weighted by molar-refractivity contribution is 0.111. The second-order valence-corrected chi connectivity index (χ2v) is 4.50. The van der Waals surface area contributed by atoms with E-state index in [4.69, 9.17) is 9.47 Å². The number of carbonyl (C=O) groups is 1. The van der Waals surface area contributed by atoms with E-state index in [1.807, 2.05) is 24.3 Å². The van der Waals surface area contributed by atoms with Gasteiger partial charge in [0.25, 0.3) is 0 Å². The van der Waals surface area contributed by atoms with Crippen LogP contribution < -0.4 is 9.47 Å². The van der Waals surface area contributed by atoms with Crippen LogP contribution in [0.25, 0.3) is 0 Å². The highest BCUT2D eigenvalue weighted by Gasteiger charge is 2.02. The Balaban J connectivity index is 1.85. The van der Waals surface area contributed by atoms with Crippen LogP contribution in [0.1, 0.15) is 15.5 Å². The molecule has 0 aliphatic rings. The van der Waals surface area contributed by atoms with E-state index in [1.165, 1.54) is 11.3 Å². The lowest BCUT2D eigenvalue weighted by Gasteiger charge is -2.06. The highest BCUT2D eigenvalue weighted by molar-refractivity contribution is 7.09. The van der Waals surface area contributed by atoms with Crippen LogP contribution in [0.4, 0.5) is 0 Å². The molecule has 0 aliphatic carbocycles. The molecular weight excluding hydrogens is 250 g/mol. The standard InChI is InChI=1S/C13H13NO3S/c1-16-11-3-2-4-12(7-11)17-6-5-13-14-10(8-15)9-18-13/h2-4,7-9H,5-6H2,1H3. The average Bonchev–Trinajstić information content (AvgIpc) is 2.87. The monoisotopic (exact) mass is 263 g/mol. The van der Waals surface area contributed by atoms with Gasteiger partial charge in [0.1, 0.15) is 17.2 Å². The van der Waals surface area contributed by atoms with E-state index >= 15 is 0 Å². The molecule has 0 aliphatic heterocycles. The number of thiazole rings is 1. The van der Waals surface area contributed by atoms with E-state index in [9.17, 15) is 4.79 Å². The van der Waals surface area contributed by atoms with Gasteiger partial charge < -0.3 is 9.47 Å². The summed E-state index contributed by atoms with van der Waals surface area (Å²) < 4.78 is 10.7. The van der Waals surface area contributed by atoms with Crippen LogP contribution in [0.3, 0.4) is 0 Å². The van der Waals surface area contributed by atoms with Gasteiger partial charge in [-0.3, -0.25) is 4.79 Å². The van der Waals surface area contributed by atoms with Gasteiger partial charge in [0.2, 0.25) is 0 Å². The number of benzene rings is 1. The number of methoxy groups -OCH3 is 1. The fourth-order valence-corrected chi connectivity index (χ4v) is 2.17. The zero-order valence-electron chi connectivity index (χ0n) is 9.96. The Labute approximate surface area is 109 Å². The van der Waals surface area contributed by atoms with E-state index in [-0.39, 0.29) is 0 Å². The Morgan fingerprint density at radius 3 is 2.94 bits per heavy atom. The largest absolute Gasteiger partial charge is 0.497 e. The predicted octanol–water partition coefficient (Wildman–Crippen LogP) is 2.59. The third kappa shape index (κ3) is 3.30. The summed E-state index contributed by atoms with van der Waals surface area (Å²) in [5, 5.41) is 2.65. The second kappa shape index (κ2) is 6.16. The van der Waals surface area contributed by atoms with Crippen molar-refractivity contribution in [3.05, 3.63) is 40.3 Å². The van der Waals surface area contributed by atoms with Gasteiger partial charge in [-0.25, -0.2) is 4.98 Å². The molecule has 0 radical (unpaired) electrons. The first-order valence-electron chi connectivity index (χ1n) is 5.48. The topological polar surface area (TPSA) is 48.4 Å². The molecule has 1 heterocycles. The van der Waals surface area contributed by atoms with Crippen molar-refractivity contribution >= 4 is 17.6 Å². The molecule has 0 atom stereocenters. The molecule has 0 amide bonds. The number of aldehydes is 1. The first kappa shape index (κ1) is 12.6. The molecule has 0 bridgehead atoms. The van der Waals surface area contributed by atoms with Crippen molar-refractivity contribution in [2.45, 2.75) is 6.42 Å². The van der Waals surface area contributed by atoms with Gasteiger partial charge >= 0.3 is 0 Å². The summed E-state index contributed by atoms with van der Waals surface area (Å²) in [7, 11) is 1.62. The summed E-state index contributed by atoms with van der Waals surface area (Å²) in [4.78, 5) is 14.6. The fraction of sp³-hybridized carbons (Fsp3) is 0.231. The first-order valence-corrected chi connectivity index (χ1v) is 6.36. The molecular formula is C13H13NO3S. The third-order valence-corrected chi connectivity index (χ3v) is 3.24. The number of ether oxygens (including phenoxy) is 2. The normalized spacial score (nSPS) is 10.1. The Hall–Kier alpha value is -1.88. The summed E-state index contributed by atoms with van der Waals surface area (Å²) >= 11 is 1.47. The number of aromatic nitrogens is 1. The van der Waals surface area contributed by atoms with Crippen molar-refractivity contribution in [1.29, 1.82) is 0 Å². The van der Waals surface area contributed by atoms with Gasteiger partial charge in [-0.2, -0.15) is 0 Å². The van der Waals surface area contributed by atoms with Crippen LogP contribution in [0, 0.1) is 0 Å². The number of rotatable bonds is 6. The molecule has 2 aromatic rings. The number of hydrogen-bond donors (Lipinski definition) is 0. The number of carbonyl (C=O) groups excluding carboxylic acids is 1. The summed E-state index contributed by atoms with van der Waals surface area (Å²) in [6, 6.07) is 7.45. The lowest BCUT2D eigenvalue weighted by Crippen LogP contribution is -2.01. The molecule has 94 valence electrons. The summed E-state index contributed by atoms with van der Waals surface area (Å²) in [5.41, 5.74) is 0.483. The van der Waals surface area contributed by atoms with Crippen LogP contribution in [0.5, 0.6) is 11.5 Å². The van der Waals surface area contributed by atoms with Gasteiger partial charge in [0, 0.05) is 17.9 Å². The molecule has 18 heavy (non-hydrogen) atoms. The van der Waals surface area contributed by atoms with Crippen molar-refractivity contribution in [2.24, 2.45) is 0 Å². The van der Waals surface area contributed by atoms with Gasteiger partial charge in [-0.1, -0.05) is 6.07 Å². The Morgan fingerprint density at radius 2 is 2.22 bits per heavy atom. The Kier molecular flexibility index (Phi) is 4.30. The minimum Gasteiger partial charge on any atom is -0.497 e. The molecule has 0 unspecified atom stereocenters. The third-order valence-electron chi connectivity index (χ3n) is 2.32. The van der Waals surface area contributed by atoms with Crippen LogP contribution in [-0.4, -0.2) is 25.0 Å². The number of hydrogen-bond acceptors (Lipinski definition) is 5. The quantitative estimate of drug-likeness (QED) is 0.752. The number of nitrogens with zero attached hydrogens (tertiary/aromatic N) is 1. The average molecular weight is 263 g/mol. The predicted molar refractivity (Wildman–Crippen MR) is 69.7 cm³/mol. The van der Waals surface area contributed by atoms with Crippen molar-refractivity contribution in [3.63, 3.8) is 0 Å². The van der Waals surface area contributed by atoms with Crippen LogP contribution in [0.15, 0.2) is 29.6 Å². The summed E-state index contributed by atoms with van der Waals surface area (Å²) in [5.74, 6) is 1.53. The van der Waals surface area contributed by atoms with E-state index in [1.54, 1.807) is 12.5 Å². The molecule has 2 rings (SSSR count). The molecule has 4 nitrogen and oxygen atoms in total. The molecule has 0 fully saturated rings. The van der Waals surface area contributed by atoms with Gasteiger partial charge in [0.15, 0.2) is 6.29 Å². The zero-order valence-corrected chi connectivity index (χ0v) is 10.8. The summed E-state index contributed by atoms with van der Waals surface area (Å²) in [6.07, 6.45) is 1.44. The maximum atomic E-state index is 10.5. The molecule has 0 saturated carbocycles. The molecule has 1 aromatic heterocycles. The van der Waals surface area contributed by atoms with Crippen molar-refractivity contribution in [3.8, 4) is 11.5 Å². The van der Waals surface area contributed by atoms with E-state index in [0.717, 1.165) is 22.8 Å². The minimum absolute atomic E-state index is 0.483. The van der Waals surface area contributed by atoms with Crippen molar-refractivity contribution < 1.29 is 14.3 Å². The minimum atomic E-state index is 0.483. The van der Waals surface area contributed by atoms with E-state index in [0.29, 0.717) is 18.7 Å². The van der Waals surface area contributed by atoms with Crippen molar-refractivity contribution in [2.75, 3.05) is 13.7 Å². The lowest BCUT2D eigenvalue weighted by atomic mass is 10.3. The van der Waals surface area contributed by atoms with Crippen LogP contribution in [-0.2, 0) is 6.42 Å². The van der Waals surface area contributed by atoms with E-state index in [2.05, 4.69) is 4.98 Å². The fourth-order valence-electron chi connectivity index (χ4n) is 1.44. The molecule has 5 heteroatoms. The highest BCUT2D eigenvalue weighted by Crippen LogP contribution is 2.19. The zero-order chi connectivity index (χ0) is 12.8. The van der Waals surface area contributed by atoms with Crippen LogP contribution in [0.2, 0.25) is 0 Å². The second-order valence-electron chi connectivity index (χ2n) is 3.56. The maximum Gasteiger partial charge on any atom is 0.169 e.